The number of H-pyrrole nitrogens is 1. The van der Waals surface area contributed by atoms with E-state index in [0.29, 0.717) is 60.7 Å². The SMILES string of the molecule is CCCCCCCCCCCCCCCCCC(=O)OC[C@H](COP(C)(=O)OCCNC(=O)COCCNC(=O)CCN1C(=O)CC(SCC(=O)N[C@@H](CSOOO)C(=O)NC)C1=O)OC(=O)CCCCCCCCCCCCCCCCC.Cc1cc(OCCCC(=O)NNC(=O)[C@@H](C)CSOOO)cc(C)c1S(=O)(=O)N[C@@H](CNC(=O)c1cn(C)c2cc(CNc3ncc[nH]3)ccc2c1=O)C(=O)O. The van der Waals surface area contributed by atoms with E-state index in [1.165, 1.54) is 187 Å². The van der Waals surface area contributed by atoms with Crippen molar-refractivity contribution in [2.75, 3.05) is 102 Å². The molecule has 0 bridgehead atoms. The standard InChI is InChI=1S/C59H108N5O17PS2.C34H42N8O12S2/c1-5-7-9-11-13-15-17-19-21-23-25-27-29-31-33-35-56(69)76-44-49(79-57(70)36-34-32-30-28-26-24-22-20-18-16-14-12-10-8-6-2)45-78-82(4,74)77-42-39-62-53(66)46-75-41-38-61-52(65)37-40-64-55(68)43-51(59(64)72)83-48-54(67)63-50(58(71)60-3)47-84-81-80-73;1-19-12-23(52-11-5-6-28(43)39-40-31(45)21(3)18-55-54-53-49)13-20(2)30(19)56(50,51)41-26(33(47)48)16-37-32(46)25-17-42(4)27-14-22(7-8-24(27)29(25)44)15-38-34-35-9-10-36-34/h49-51,73H,5-48H2,1-4H3,(H,60,71)(H,61,65)(H,62,66)(H,63,67);7-10,12-14,17,21,26,41,49H,5-6,11,15-16,18H2,1-4H3,(H,37,46)(H,39,43)(H,40,45)(H,47,48)(H2,35,36,38)/t49-,50+,51?,82?;21-,26-/m10/s1. The zero-order chi connectivity index (χ0) is 103. The number of pyridine rings is 1. The van der Waals surface area contributed by atoms with Gasteiger partial charge in [-0.25, -0.2) is 23.9 Å². The Bertz CT molecular complexity index is 4600. The van der Waals surface area contributed by atoms with Crippen molar-refractivity contribution < 1.29 is 133 Å². The lowest BCUT2D eigenvalue weighted by Gasteiger charge is -2.21. The average Bonchev–Trinajstić information content (AvgIpc) is 1.08. The van der Waals surface area contributed by atoms with Crippen molar-refractivity contribution in [2.24, 2.45) is 13.0 Å². The zero-order valence-corrected chi connectivity index (χ0v) is 86.4. The van der Waals surface area contributed by atoms with Crippen LogP contribution in [0.3, 0.4) is 0 Å². The van der Waals surface area contributed by atoms with Gasteiger partial charge in [0, 0.05) is 145 Å². The molecule has 2 unspecified atom stereocenters. The molecule has 42 nitrogen and oxygen atoms in total. The number of ether oxygens (including phenoxy) is 4. The van der Waals surface area contributed by atoms with Crippen LogP contribution in [0.15, 0.2) is 58.6 Å². The summed E-state index contributed by atoms with van der Waals surface area (Å²) < 4.78 is 85.7. The average molecular weight is 2070 g/mol. The molecule has 0 saturated carbocycles. The van der Waals surface area contributed by atoms with Crippen molar-refractivity contribution in [3.8, 4) is 5.75 Å². The number of likely N-dealkylation sites (tertiary alicyclic amines) is 1. The summed E-state index contributed by atoms with van der Waals surface area (Å²) in [6.45, 7) is 8.81. The van der Waals surface area contributed by atoms with Crippen molar-refractivity contribution in [2.45, 2.75) is 301 Å². The van der Waals surface area contributed by atoms with Gasteiger partial charge in [-0.05, 0) is 74.1 Å². The van der Waals surface area contributed by atoms with Crippen LogP contribution in [-0.4, -0.2) is 235 Å². The topological polar surface area (TPSA) is 571 Å². The summed E-state index contributed by atoms with van der Waals surface area (Å²) in [5.74, 6) is -7.29. The number of carbonyl (C=O) groups is 12. The Morgan fingerprint density at radius 1 is 0.636 bits per heavy atom. The molecule has 9 amide bonds. The number of aryl methyl sites for hydroxylation is 3. The third-order valence-corrected chi connectivity index (χ3v) is 28.0. The highest BCUT2D eigenvalue weighted by Gasteiger charge is 2.40. The van der Waals surface area contributed by atoms with Crippen LogP contribution in [0.4, 0.5) is 5.95 Å². The lowest BCUT2D eigenvalue weighted by Crippen LogP contribution is -2.49. The van der Waals surface area contributed by atoms with E-state index < -0.39 is 130 Å². The molecular formula is C93H150N13O29PS4. The maximum absolute atomic E-state index is 13.5. The molecule has 0 aliphatic carbocycles. The van der Waals surface area contributed by atoms with Gasteiger partial charge < -0.3 is 74.6 Å². The van der Waals surface area contributed by atoms with Crippen LogP contribution in [0.5, 0.6) is 5.75 Å². The molecule has 0 spiro atoms. The number of esters is 2. The summed E-state index contributed by atoms with van der Waals surface area (Å²) in [6, 6.07) is 5.17. The first-order chi connectivity index (χ1) is 67.3. The Labute approximate surface area is 833 Å². The fourth-order valence-electron chi connectivity index (χ4n) is 14.7. The van der Waals surface area contributed by atoms with Crippen molar-refractivity contribution in [3.05, 3.63) is 81.4 Å². The number of hydrogen-bond donors (Lipinski definition) is 13. The monoisotopic (exact) mass is 2070 g/mol. The number of anilines is 1. The molecule has 2 aromatic carbocycles. The molecule has 47 heteroatoms. The van der Waals surface area contributed by atoms with Crippen molar-refractivity contribution >= 4 is 141 Å². The van der Waals surface area contributed by atoms with Gasteiger partial charge >= 0.3 is 25.5 Å². The number of hydrogen-bond acceptors (Lipinski definition) is 33. The number of benzene rings is 2. The van der Waals surface area contributed by atoms with E-state index in [0.717, 1.165) is 60.8 Å². The predicted molar refractivity (Wildman–Crippen MR) is 530 cm³/mol. The molecule has 4 aromatic rings. The highest BCUT2D eigenvalue weighted by atomic mass is 32.2. The van der Waals surface area contributed by atoms with Gasteiger partial charge in [0.05, 0.1) is 53.6 Å². The number of nitrogens with one attached hydrogen (secondary N) is 10. The normalized spacial score (nSPS) is 13.8. The van der Waals surface area contributed by atoms with E-state index in [1.54, 1.807) is 49.1 Å². The fourth-order valence-corrected chi connectivity index (χ4v) is 19.2. The Morgan fingerprint density at radius 2 is 1.20 bits per heavy atom. The van der Waals surface area contributed by atoms with Crippen LogP contribution in [0.1, 0.15) is 279 Å². The summed E-state index contributed by atoms with van der Waals surface area (Å²) >= 11 is 2.20. The lowest BCUT2D eigenvalue weighted by molar-refractivity contribution is -0.432. The van der Waals surface area contributed by atoms with E-state index in [4.69, 9.17) is 38.5 Å². The fraction of sp³-hybridized carbons (Fsp3) is 0.677. The number of carboxylic acid groups (broad SMARTS) is 1. The second-order valence-electron chi connectivity index (χ2n) is 34.2. The number of fused-ring (bicyclic) bond motifs is 1. The van der Waals surface area contributed by atoms with E-state index in [-0.39, 0.29) is 142 Å². The van der Waals surface area contributed by atoms with Crippen molar-refractivity contribution in [3.63, 3.8) is 0 Å². The minimum Gasteiger partial charge on any atom is -0.494 e. The number of sulfonamides is 1. The number of likely N-dealkylation sites (N-methyl/N-ethyl adjacent to an activating group) is 1. The number of aliphatic carboxylic acids is 1. The third kappa shape index (κ3) is 53.5. The maximum atomic E-state index is 13.5. The number of imide groups is 1. The van der Waals surface area contributed by atoms with E-state index >= 15 is 0 Å². The van der Waals surface area contributed by atoms with Crippen LogP contribution in [0.2, 0.25) is 0 Å². The van der Waals surface area contributed by atoms with Gasteiger partial charge in [0.2, 0.25) is 62.7 Å². The Hall–Kier alpha value is -8.87. The minimum absolute atomic E-state index is 0.00573. The molecular weight excluding hydrogens is 1920 g/mol. The van der Waals surface area contributed by atoms with Crippen molar-refractivity contribution in [1.82, 2.24) is 61.6 Å². The van der Waals surface area contributed by atoms with Crippen LogP contribution >= 0.6 is 43.4 Å². The number of rotatable bonds is 79. The first kappa shape index (κ1) is 123. The maximum Gasteiger partial charge on any atom is 0.327 e. The second-order valence-corrected chi connectivity index (χ2v) is 40.5. The molecule has 3 heterocycles. The van der Waals surface area contributed by atoms with Gasteiger partial charge in [0.25, 0.3) is 5.91 Å². The number of carboxylic acids is 1. The van der Waals surface area contributed by atoms with Gasteiger partial charge in [0.1, 0.15) is 36.6 Å². The molecule has 13 N–H and O–H groups in total. The van der Waals surface area contributed by atoms with Gasteiger partial charge in [-0.1, -0.05) is 217 Å². The molecule has 1 saturated heterocycles. The number of aromatic amines is 1. The summed E-state index contributed by atoms with van der Waals surface area (Å²) in [5.41, 5.74) is 5.59. The Kier molecular flexibility index (Phi) is 64.6. The number of hydrazine groups is 1. The predicted octanol–water partition coefficient (Wildman–Crippen LogP) is 12.3. The number of unbranched alkanes of at least 4 members (excludes halogenated alkanes) is 28. The quantitative estimate of drug-likeness (QED) is 0.00371. The number of nitrogens with zero attached hydrogens (tertiary/aromatic N) is 3. The van der Waals surface area contributed by atoms with Gasteiger partial charge in [-0.15, -0.1) is 20.4 Å². The number of aromatic nitrogens is 3. The summed E-state index contributed by atoms with van der Waals surface area (Å²) in [5, 5.41) is 48.1. The van der Waals surface area contributed by atoms with E-state index in [1.807, 2.05) is 0 Å². The summed E-state index contributed by atoms with van der Waals surface area (Å²) in [4.78, 5) is 171. The van der Waals surface area contributed by atoms with Crippen LogP contribution in [0, 0.1) is 19.8 Å². The molecule has 5 rings (SSSR count). The highest BCUT2D eigenvalue weighted by Crippen LogP contribution is 2.44. The molecule has 790 valence electrons. The van der Waals surface area contributed by atoms with Crippen molar-refractivity contribution in [1.29, 1.82) is 0 Å². The molecule has 1 fully saturated rings. The van der Waals surface area contributed by atoms with E-state index in [9.17, 15) is 80.4 Å². The number of amides is 9. The largest absolute Gasteiger partial charge is 0.494 e. The van der Waals surface area contributed by atoms with Crippen LogP contribution in [-0.2, 0) is 123 Å². The lowest BCUT2D eigenvalue weighted by atomic mass is 10.0. The third-order valence-electron chi connectivity index (χ3n) is 22.3. The Morgan fingerprint density at radius 3 is 1.76 bits per heavy atom. The molecule has 1 aliphatic rings. The minimum atomic E-state index is -4.45. The number of imidazole rings is 1. The second kappa shape index (κ2) is 73.2. The molecule has 1 aliphatic heterocycles. The Balaban J connectivity index is 0.000000630. The number of thioether (sulfide) groups is 1. The number of carbonyl (C=O) groups excluding carboxylic acids is 11. The molecule has 2 aromatic heterocycles. The molecule has 6 atom stereocenters. The molecule has 0 radical (unpaired) electrons. The van der Waals surface area contributed by atoms with E-state index in [2.05, 4.69) is 90.0 Å². The zero-order valence-electron chi connectivity index (χ0n) is 82.2. The smallest absolute Gasteiger partial charge is 0.327 e. The van der Waals surface area contributed by atoms with Gasteiger partial charge in [0.15, 0.2) is 12.1 Å². The first-order valence-electron chi connectivity index (χ1n) is 48.5. The van der Waals surface area contributed by atoms with Crippen LogP contribution < -0.4 is 57.6 Å². The van der Waals surface area contributed by atoms with Gasteiger partial charge in [-0.2, -0.15) is 4.72 Å². The summed E-state index contributed by atoms with van der Waals surface area (Å²) in [6.07, 6.45) is 40.4. The first-order valence-corrected chi connectivity index (χ1v) is 54.8. The molecule has 140 heavy (non-hydrogen) atoms. The van der Waals surface area contributed by atoms with Gasteiger partial charge in [-0.3, -0.25) is 82.6 Å². The summed E-state index contributed by atoms with van der Waals surface area (Å²) in [7, 11) is -5.14. The highest BCUT2D eigenvalue weighted by molar-refractivity contribution is 8.01. The van der Waals surface area contributed by atoms with Crippen LogP contribution in [0.25, 0.3) is 10.9 Å².